The minimum atomic E-state index is -0.759. The van der Waals surface area contributed by atoms with Crippen LogP contribution < -0.4 is 7.02 Å². The fraction of sp³-hybridized carbons (Fsp3) is 0.478. The van der Waals surface area contributed by atoms with Crippen LogP contribution in [0.15, 0.2) is 48.5 Å². The fourth-order valence-electron chi connectivity index (χ4n) is 2.82. The minimum absolute atomic E-state index is 0.370. The Hall–Kier alpha value is 0.0569. The predicted octanol–water partition coefficient (Wildman–Crippen LogP) is 5.67. The third-order valence-electron chi connectivity index (χ3n) is 4.14. The van der Waals surface area contributed by atoms with Crippen molar-refractivity contribution in [3.8, 4) is 0 Å². The summed E-state index contributed by atoms with van der Waals surface area (Å²) in [5, 5.41) is 0. The molecule has 2 aromatic rings. The zero-order valence-electron chi connectivity index (χ0n) is 16.8. The summed E-state index contributed by atoms with van der Waals surface area (Å²) in [6, 6.07) is 17.9. The molecular formula is C23H35SbSn. The molecule has 2 aromatic carbocycles. The van der Waals surface area contributed by atoms with Crippen molar-refractivity contribution in [2.24, 2.45) is 0 Å². The van der Waals surface area contributed by atoms with Gasteiger partial charge in [0.15, 0.2) is 0 Å². The molecule has 0 bridgehead atoms. The molecule has 0 aliphatic carbocycles. The fourth-order valence-corrected chi connectivity index (χ4v) is 13.6. The number of rotatable bonds is 8. The van der Waals surface area contributed by atoms with Crippen LogP contribution >= 0.6 is 0 Å². The van der Waals surface area contributed by atoms with Crippen molar-refractivity contribution in [3.63, 3.8) is 0 Å². The summed E-state index contributed by atoms with van der Waals surface area (Å²) < 4.78 is 7.99. The van der Waals surface area contributed by atoms with Crippen molar-refractivity contribution < 1.29 is 0 Å². The van der Waals surface area contributed by atoms with E-state index in [1.54, 1.807) is 13.3 Å². The Balaban J connectivity index is 0.000000275. The van der Waals surface area contributed by atoms with Crippen LogP contribution in [0, 0.1) is 13.8 Å². The van der Waals surface area contributed by atoms with Gasteiger partial charge in [-0.1, -0.05) is 0 Å². The van der Waals surface area contributed by atoms with Gasteiger partial charge in [-0.15, -0.1) is 0 Å². The quantitative estimate of drug-likeness (QED) is 0.371. The van der Waals surface area contributed by atoms with Gasteiger partial charge in [0, 0.05) is 0 Å². The van der Waals surface area contributed by atoms with Crippen LogP contribution in [0.3, 0.4) is 0 Å². The predicted molar refractivity (Wildman–Crippen MR) is 118 cm³/mol. The molecule has 0 spiro atoms. The van der Waals surface area contributed by atoms with Gasteiger partial charge in [0.25, 0.3) is 0 Å². The zero-order chi connectivity index (χ0) is 18.5. The first-order valence-corrected chi connectivity index (χ1v) is 18.4. The maximum atomic E-state index is 2.34. The molecule has 2 radical (unpaired) electrons. The van der Waals surface area contributed by atoms with E-state index in [0.29, 0.717) is 0 Å². The Morgan fingerprint density at radius 2 is 0.920 bits per heavy atom. The summed E-state index contributed by atoms with van der Waals surface area (Å²) in [5.74, 6) is 0. The molecule has 0 atom stereocenters. The monoisotopic (exact) mass is 552 g/mol. The summed E-state index contributed by atoms with van der Waals surface area (Å²) in [4.78, 5) is 0. The van der Waals surface area contributed by atoms with Gasteiger partial charge in [0.2, 0.25) is 0 Å². The van der Waals surface area contributed by atoms with Gasteiger partial charge in [-0.05, 0) is 0 Å². The molecule has 0 fully saturated rings. The third-order valence-corrected chi connectivity index (χ3v) is 17.6. The standard InChI is InChI=1S/2C7H7.3C3H7.Sb.Sn/c2*1-7-5-3-2-4-6-7;3*1-3-2;;/h2*3-6H,1H3;3*1,3H2,2H3;;. The molecule has 25 heavy (non-hydrogen) atoms. The SMILES string of the molecule is CC[CH2][Sn]([CH2]CC)[CH2]CC.Cc1cc[c]([Sb][c]2ccc(C)cc2)cc1. The number of benzene rings is 2. The van der Waals surface area contributed by atoms with Crippen LogP contribution in [0.4, 0.5) is 0 Å². The first-order chi connectivity index (χ1) is 12.1. The topological polar surface area (TPSA) is 0 Å². The zero-order valence-corrected chi connectivity index (χ0v) is 22.2. The van der Waals surface area contributed by atoms with Crippen molar-refractivity contribution >= 4 is 48.4 Å². The van der Waals surface area contributed by atoms with Crippen LogP contribution in [0.2, 0.25) is 13.3 Å². The van der Waals surface area contributed by atoms with Crippen LogP contribution in [0.25, 0.3) is 0 Å². The van der Waals surface area contributed by atoms with E-state index in [1.807, 2.05) is 0 Å². The van der Waals surface area contributed by atoms with Crippen molar-refractivity contribution in [2.75, 3.05) is 0 Å². The Bertz CT molecular complexity index is 502. The summed E-state index contributed by atoms with van der Waals surface area (Å²) in [5.41, 5.74) is 2.69. The second-order valence-corrected chi connectivity index (χ2v) is 18.9. The first-order valence-electron chi connectivity index (χ1n) is 9.77. The first kappa shape index (κ1) is 23.1. The molecule has 0 nitrogen and oxygen atoms in total. The van der Waals surface area contributed by atoms with E-state index in [4.69, 9.17) is 0 Å². The van der Waals surface area contributed by atoms with Gasteiger partial charge in [-0.3, -0.25) is 0 Å². The van der Waals surface area contributed by atoms with Gasteiger partial charge in [0.1, 0.15) is 0 Å². The third kappa shape index (κ3) is 10.7. The molecule has 2 rings (SSSR count). The second kappa shape index (κ2) is 14.2. The Morgan fingerprint density at radius 1 is 0.600 bits per heavy atom. The van der Waals surface area contributed by atoms with Crippen LogP contribution in [0.5, 0.6) is 0 Å². The van der Waals surface area contributed by atoms with Gasteiger partial charge in [-0.25, -0.2) is 0 Å². The van der Waals surface area contributed by atoms with Crippen molar-refractivity contribution in [2.45, 2.75) is 67.2 Å². The molecule has 0 amide bonds. The average Bonchev–Trinajstić information content (AvgIpc) is 2.60. The summed E-state index contributed by atoms with van der Waals surface area (Å²) >= 11 is -1.13. The van der Waals surface area contributed by atoms with E-state index in [2.05, 4.69) is 83.1 Å². The van der Waals surface area contributed by atoms with Crippen molar-refractivity contribution in [1.82, 2.24) is 0 Å². The molecule has 0 N–H and O–H groups in total. The van der Waals surface area contributed by atoms with Gasteiger partial charge >= 0.3 is 175 Å². The van der Waals surface area contributed by atoms with E-state index in [0.717, 1.165) is 0 Å². The van der Waals surface area contributed by atoms with Gasteiger partial charge < -0.3 is 0 Å². The summed E-state index contributed by atoms with van der Waals surface area (Å²) in [6.45, 7) is 11.3. The molecule has 0 unspecified atom stereocenters. The Kier molecular flexibility index (Phi) is 13.1. The number of aryl methyl sites for hydroxylation is 2. The summed E-state index contributed by atoms with van der Waals surface area (Å²) in [7, 11) is 0. The van der Waals surface area contributed by atoms with E-state index in [1.165, 1.54) is 37.4 Å². The average molecular weight is 552 g/mol. The van der Waals surface area contributed by atoms with Crippen LogP contribution in [-0.4, -0.2) is 41.4 Å². The molecule has 0 saturated carbocycles. The van der Waals surface area contributed by atoms with Crippen LogP contribution in [0.1, 0.15) is 51.2 Å². The molecular weight excluding hydrogens is 517 g/mol. The molecule has 0 saturated heterocycles. The molecule has 0 aromatic heterocycles. The van der Waals surface area contributed by atoms with Crippen LogP contribution in [-0.2, 0) is 0 Å². The van der Waals surface area contributed by atoms with Crippen molar-refractivity contribution in [1.29, 1.82) is 0 Å². The van der Waals surface area contributed by atoms with E-state index in [9.17, 15) is 0 Å². The molecule has 0 heterocycles. The molecule has 2 heteroatoms. The Morgan fingerprint density at radius 3 is 1.20 bits per heavy atom. The second-order valence-electron chi connectivity index (χ2n) is 6.78. The maximum absolute atomic E-state index is 2.34. The molecule has 0 aliphatic heterocycles. The van der Waals surface area contributed by atoms with Gasteiger partial charge in [-0.2, -0.15) is 0 Å². The van der Waals surface area contributed by atoms with E-state index >= 15 is 0 Å². The molecule has 136 valence electrons. The Labute approximate surface area is 174 Å². The van der Waals surface area contributed by atoms with E-state index < -0.39 is 19.8 Å². The normalized spacial score (nSPS) is 10.5. The molecule has 0 aliphatic rings. The number of hydrogen-bond acceptors (Lipinski definition) is 0. The number of hydrogen-bond donors (Lipinski definition) is 0. The van der Waals surface area contributed by atoms with E-state index in [-0.39, 0.29) is 21.6 Å². The summed E-state index contributed by atoms with van der Waals surface area (Å²) in [6.07, 6.45) is 4.36. The van der Waals surface area contributed by atoms with Crippen molar-refractivity contribution in [3.05, 3.63) is 59.7 Å². The van der Waals surface area contributed by atoms with Gasteiger partial charge in [0.05, 0.1) is 0 Å².